The highest BCUT2D eigenvalue weighted by molar-refractivity contribution is 4.84. The predicted molar refractivity (Wildman–Crippen MR) is 152 cm³/mol. The van der Waals surface area contributed by atoms with Crippen molar-refractivity contribution < 1.29 is 10.2 Å². The molecule has 0 saturated carbocycles. The molecule has 1 atom stereocenters. The fourth-order valence-corrected chi connectivity index (χ4v) is 5.01. The smallest absolute Gasteiger partial charge is 0.122 e. The van der Waals surface area contributed by atoms with E-state index in [-0.39, 0.29) is 0 Å². The minimum absolute atomic E-state index is 0.330. The fourth-order valence-electron chi connectivity index (χ4n) is 5.01. The first-order chi connectivity index (χ1) is 16.7. The van der Waals surface area contributed by atoms with E-state index in [1.54, 1.807) is 0 Å². The molecule has 0 heterocycles. The molecule has 205 valence electrons. The second-order valence-corrected chi connectivity index (χ2v) is 11.0. The Bertz CT molecular complexity index is 357. The summed E-state index contributed by atoms with van der Waals surface area (Å²) in [5.74, 6) is 0. The van der Waals surface area contributed by atoms with E-state index >= 15 is 0 Å². The van der Waals surface area contributed by atoms with Gasteiger partial charge in [-0.05, 0) is 12.8 Å². The topological polar surface area (TPSA) is 40.5 Å². The molecule has 2 heteroatoms. The van der Waals surface area contributed by atoms with E-state index in [9.17, 15) is 10.2 Å². The summed E-state index contributed by atoms with van der Waals surface area (Å²) in [6.07, 6.45) is 36.2. The minimum Gasteiger partial charge on any atom is -0.390 e. The maximum absolute atomic E-state index is 10.1. The molecular formula is C32H65O2. The number of hydrogen-bond acceptors (Lipinski definition) is 2. The monoisotopic (exact) mass is 481 g/mol. The molecule has 0 bridgehead atoms. The Hall–Kier alpha value is -0.0800. The Kier molecular flexibility index (Phi) is 29.1. The zero-order valence-corrected chi connectivity index (χ0v) is 23.8. The zero-order valence-electron chi connectivity index (χ0n) is 23.8. The van der Waals surface area contributed by atoms with Crippen LogP contribution >= 0.6 is 0 Å². The molecular weight excluding hydrogens is 416 g/mol. The molecule has 0 aromatic carbocycles. The first kappa shape index (κ1) is 33.9. The molecule has 0 aromatic rings. The molecule has 0 aromatic heterocycles. The van der Waals surface area contributed by atoms with E-state index < -0.39 is 6.10 Å². The molecule has 2 nitrogen and oxygen atoms in total. The van der Waals surface area contributed by atoms with E-state index in [1.165, 1.54) is 154 Å². The van der Waals surface area contributed by atoms with Gasteiger partial charge in [0.2, 0.25) is 0 Å². The molecule has 0 rings (SSSR count). The van der Waals surface area contributed by atoms with Crippen molar-refractivity contribution in [2.24, 2.45) is 0 Å². The first-order valence-corrected chi connectivity index (χ1v) is 15.9. The van der Waals surface area contributed by atoms with Crippen LogP contribution in [0, 0.1) is 6.10 Å². The van der Waals surface area contributed by atoms with Crippen LogP contribution in [0.15, 0.2) is 0 Å². The lowest BCUT2D eigenvalue weighted by molar-refractivity contribution is 0.0815. The van der Waals surface area contributed by atoms with E-state index in [1.807, 2.05) is 0 Å². The van der Waals surface area contributed by atoms with Crippen molar-refractivity contribution >= 4 is 0 Å². The Labute approximate surface area is 216 Å². The number of aliphatic hydroxyl groups is 2. The van der Waals surface area contributed by atoms with Crippen LogP contribution in [0.25, 0.3) is 0 Å². The lowest BCUT2D eigenvalue weighted by Gasteiger charge is -2.16. The largest absolute Gasteiger partial charge is 0.390 e. The van der Waals surface area contributed by atoms with Gasteiger partial charge >= 0.3 is 0 Å². The van der Waals surface area contributed by atoms with Gasteiger partial charge in [-0.2, -0.15) is 0 Å². The summed E-state index contributed by atoms with van der Waals surface area (Å²) in [5.41, 5.74) is 0. The van der Waals surface area contributed by atoms with Crippen LogP contribution in [0.2, 0.25) is 0 Å². The fraction of sp³-hybridized carbons (Fsp3) is 0.969. The van der Waals surface area contributed by atoms with Gasteiger partial charge in [0.1, 0.15) is 6.10 Å². The lowest BCUT2D eigenvalue weighted by atomic mass is 9.99. The lowest BCUT2D eigenvalue weighted by Crippen LogP contribution is -2.17. The number of unbranched alkanes of at least 4 members (excludes halogenated alkanes) is 24. The molecule has 0 saturated heterocycles. The van der Waals surface area contributed by atoms with E-state index in [4.69, 9.17) is 0 Å². The van der Waals surface area contributed by atoms with Gasteiger partial charge < -0.3 is 10.2 Å². The molecule has 1 unspecified atom stereocenters. The SMILES string of the molecule is CCCCCCCCCCCCCCCCCCCCCC(O)[C](O)CCCCCCCCC. The van der Waals surface area contributed by atoms with Gasteiger partial charge in [0, 0.05) is 0 Å². The average Bonchev–Trinajstić information content (AvgIpc) is 2.84. The average molecular weight is 482 g/mol. The predicted octanol–water partition coefficient (Wildman–Crippen LogP) is 11.2. The first-order valence-electron chi connectivity index (χ1n) is 15.9. The molecule has 0 aliphatic carbocycles. The normalized spacial score (nSPS) is 12.6. The van der Waals surface area contributed by atoms with Crippen molar-refractivity contribution in [2.75, 3.05) is 0 Å². The van der Waals surface area contributed by atoms with Crippen molar-refractivity contribution in [1.82, 2.24) is 0 Å². The maximum atomic E-state index is 10.1. The van der Waals surface area contributed by atoms with Crippen LogP contribution in [0.3, 0.4) is 0 Å². The van der Waals surface area contributed by atoms with Crippen molar-refractivity contribution in [2.45, 2.75) is 200 Å². The molecule has 1 radical (unpaired) electrons. The van der Waals surface area contributed by atoms with Crippen molar-refractivity contribution in [3.05, 3.63) is 6.10 Å². The standard InChI is InChI=1S/C32H65O2/c1-3-5-7-9-11-12-13-14-15-16-17-18-19-20-21-22-24-26-28-30-32(34)31(33)29-27-25-23-10-8-6-4-2/h32-34H,3-30H2,1-2H3. The highest BCUT2D eigenvalue weighted by atomic mass is 16.3. The summed E-state index contributed by atoms with van der Waals surface area (Å²) < 4.78 is 0. The highest BCUT2D eigenvalue weighted by Crippen LogP contribution is 2.20. The van der Waals surface area contributed by atoms with Gasteiger partial charge in [-0.25, -0.2) is 0 Å². The number of aliphatic hydroxyl groups excluding tert-OH is 2. The van der Waals surface area contributed by atoms with Gasteiger partial charge in [0.25, 0.3) is 0 Å². The van der Waals surface area contributed by atoms with Crippen LogP contribution < -0.4 is 0 Å². The third-order valence-electron chi connectivity index (χ3n) is 7.50. The summed E-state index contributed by atoms with van der Waals surface area (Å²) in [4.78, 5) is 0. The minimum atomic E-state index is -0.592. The van der Waals surface area contributed by atoms with E-state index in [0.29, 0.717) is 12.5 Å². The van der Waals surface area contributed by atoms with Gasteiger partial charge in [0.15, 0.2) is 0 Å². The van der Waals surface area contributed by atoms with Gasteiger partial charge in [-0.3, -0.25) is 0 Å². The summed E-state index contributed by atoms with van der Waals surface area (Å²) in [7, 11) is 0. The zero-order chi connectivity index (χ0) is 25.0. The maximum Gasteiger partial charge on any atom is 0.122 e. The van der Waals surface area contributed by atoms with Gasteiger partial charge in [0.05, 0.1) is 6.10 Å². The van der Waals surface area contributed by atoms with E-state index in [0.717, 1.165) is 19.3 Å². The molecule has 0 spiro atoms. The Morgan fingerprint density at radius 1 is 0.412 bits per heavy atom. The molecule has 34 heavy (non-hydrogen) atoms. The third kappa shape index (κ3) is 26.5. The Morgan fingerprint density at radius 3 is 1.00 bits per heavy atom. The highest BCUT2D eigenvalue weighted by Gasteiger charge is 2.16. The molecule has 0 fully saturated rings. The summed E-state index contributed by atoms with van der Waals surface area (Å²) in [6, 6.07) is 0. The number of rotatable bonds is 29. The second kappa shape index (κ2) is 29.2. The van der Waals surface area contributed by atoms with Crippen LogP contribution in [0.5, 0.6) is 0 Å². The summed E-state index contributed by atoms with van der Waals surface area (Å²) >= 11 is 0. The summed E-state index contributed by atoms with van der Waals surface area (Å²) in [5, 5.41) is 20.2. The van der Waals surface area contributed by atoms with Crippen LogP contribution in [-0.2, 0) is 0 Å². The van der Waals surface area contributed by atoms with Crippen molar-refractivity contribution in [3.8, 4) is 0 Å². The molecule has 0 aliphatic rings. The second-order valence-electron chi connectivity index (χ2n) is 11.0. The molecule has 0 aliphatic heterocycles. The van der Waals surface area contributed by atoms with Crippen molar-refractivity contribution in [1.29, 1.82) is 0 Å². The quantitative estimate of drug-likeness (QED) is 0.104. The van der Waals surface area contributed by atoms with Crippen LogP contribution in [0.4, 0.5) is 0 Å². The number of hydrogen-bond donors (Lipinski definition) is 2. The van der Waals surface area contributed by atoms with E-state index in [2.05, 4.69) is 13.8 Å². The Morgan fingerprint density at radius 2 is 0.676 bits per heavy atom. The van der Waals surface area contributed by atoms with Gasteiger partial charge in [-0.1, -0.05) is 181 Å². The van der Waals surface area contributed by atoms with Crippen LogP contribution in [-0.4, -0.2) is 16.3 Å². The Balaban J connectivity index is 3.22. The third-order valence-corrected chi connectivity index (χ3v) is 7.50. The van der Waals surface area contributed by atoms with Gasteiger partial charge in [-0.15, -0.1) is 0 Å². The van der Waals surface area contributed by atoms with Crippen LogP contribution in [0.1, 0.15) is 194 Å². The molecule has 2 N–H and O–H groups in total. The van der Waals surface area contributed by atoms with Crippen molar-refractivity contribution in [3.63, 3.8) is 0 Å². The summed E-state index contributed by atoms with van der Waals surface area (Å²) in [6.45, 7) is 4.54. The molecule has 0 amide bonds.